The first kappa shape index (κ1) is 22.9. The van der Waals surface area contributed by atoms with Crippen LogP contribution in [0, 0.1) is 5.82 Å². The van der Waals surface area contributed by atoms with Crippen molar-refractivity contribution in [3.05, 3.63) is 83.4 Å². The highest BCUT2D eigenvalue weighted by atomic mass is 19.4. The summed E-state index contributed by atoms with van der Waals surface area (Å²) in [5.74, 6) is -6.58. The number of halogens is 6. The van der Waals surface area contributed by atoms with Gasteiger partial charge in [0.1, 0.15) is 11.5 Å². The average Bonchev–Trinajstić information content (AvgIpc) is 3.38. The molecule has 0 radical (unpaired) electrons. The third-order valence-corrected chi connectivity index (χ3v) is 5.89. The summed E-state index contributed by atoms with van der Waals surface area (Å²) >= 11 is 0. The molecule has 2 aromatic carbocycles. The molecule has 5 rings (SSSR count). The maximum Gasteiger partial charge on any atom is 0.459 e. The SMILES string of the molecule is C[C@H]1Cc2ccccc2N1C(=O)c1cc2nc(-c3ccc(F)cc3)cc(C(F)(F)C(F)(F)F)n2n1. The fraction of sp³-hybridized carbons (Fsp3) is 0.208. The Morgan fingerprint density at radius 2 is 1.69 bits per heavy atom. The van der Waals surface area contributed by atoms with Gasteiger partial charge in [-0.25, -0.2) is 13.9 Å². The van der Waals surface area contributed by atoms with Gasteiger partial charge in [0.2, 0.25) is 0 Å². The summed E-state index contributed by atoms with van der Waals surface area (Å²) in [5.41, 5.74) is -0.852. The highest BCUT2D eigenvalue weighted by Crippen LogP contribution is 2.44. The highest BCUT2D eigenvalue weighted by Gasteiger charge is 2.60. The second kappa shape index (κ2) is 7.82. The summed E-state index contributed by atoms with van der Waals surface area (Å²) in [6, 6.07) is 12.9. The van der Waals surface area contributed by atoms with Gasteiger partial charge in [-0.1, -0.05) is 18.2 Å². The smallest absolute Gasteiger partial charge is 0.304 e. The van der Waals surface area contributed by atoms with Crippen molar-refractivity contribution in [3.8, 4) is 11.3 Å². The van der Waals surface area contributed by atoms with Crippen LogP contribution in [0.2, 0.25) is 0 Å². The van der Waals surface area contributed by atoms with Crippen molar-refractivity contribution in [2.75, 3.05) is 4.90 Å². The van der Waals surface area contributed by atoms with Crippen molar-refractivity contribution in [2.45, 2.75) is 31.5 Å². The number of para-hydroxylation sites is 1. The number of carbonyl (C=O) groups is 1. The largest absolute Gasteiger partial charge is 0.459 e. The Kier molecular flexibility index (Phi) is 5.11. The third-order valence-electron chi connectivity index (χ3n) is 5.89. The standard InChI is InChI=1S/C24H16F6N4O/c1-13-10-15-4-2-3-5-19(15)33(13)22(35)18-12-21-31-17(14-6-8-16(25)9-7-14)11-20(34(21)32-18)23(26,27)24(28,29)30/h2-9,11-13H,10H2,1H3/t13-/m0/s1. The normalized spacial score (nSPS) is 16.1. The average molecular weight is 490 g/mol. The van der Waals surface area contributed by atoms with E-state index < -0.39 is 29.5 Å². The number of aromatic nitrogens is 3. The second-order valence-electron chi connectivity index (χ2n) is 8.26. The Labute approximate surface area is 194 Å². The zero-order chi connectivity index (χ0) is 25.1. The first-order valence-electron chi connectivity index (χ1n) is 10.5. The van der Waals surface area contributed by atoms with Crippen LogP contribution in [0.15, 0.2) is 60.7 Å². The summed E-state index contributed by atoms with van der Waals surface area (Å²) in [6.45, 7) is 1.79. The molecule has 0 N–H and O–H groups in total. The fourth-order valence-electron chi connectivity index (χ4n) is 4.21. The molecule has 1 aliphatic heterocycles. The number of amides is 1. The van der Waals surface area contributed by atoms with E-state index in [1.54, 1.807) is 19.1 Å². The topological polar surface area (TPSA) is 50.5 Å². The molecule has 35 heavy (non-hydrogen) atoms. The molecule has 0 unspecified atom stereocenters. The maximum absolute atomic E-state index is 14.6. The predicted octanol–water partition coefficient (Wildman–Crippen LogP) is 5.78. The molecule has 0 saturated heterocycles. The molecule has 1 amide bonds. The minimum Gasteiger partial charge on any atom is -0.304 e. The summed E-state index contributed by atoms with van der Waals surface area (Å²) in [5, 5.41) is 3.82. The lowest BCUT2D eigenvalue weighted by atomic mass is 10.1. The molecule has 11 heteroatoms. The quantitative estimate of drug-likeness (QED) is 0.342. The lowest BCUT2D eigenvalue weighted by molar-refractivity contribution is -0.291. The number of rotatable bonds is 3. The first-order valence-corrected chi connectivity index (χ1v) is 10.5. The number of anilines is 1. The molecule has 180 valence electrons. The number of carbonyl (C=O) groups excluding carboxylic acids is 1. The fourth-order valence-corrected chi connectivity index (χ4v) is 4.21. The Balaban J connectivity index is 1.68. The van der Waals surface area contributed by atoms with E-state index in [0.717, 1.165) is 23.8 Å². The van der Waals surface area contributed by atoms with Crippen molar-refractivity contribution >= 4 is 17.2 Å². The number of hydrogen-bond donors (Lipinski definition) is 0. The molecule has 4 aromatic rings. The van der Waals surface area contributed by atoms with Crippen molar-refractivity contribution in [2.24, 2.45) is 0 Å². The van der Waals surface area contributed by atoms with Gasteiger partial charge in [-0.15, -0.1) is 0 Å². The predicted molar refractivity (Wildman–Crippen MR) is 115 cm³/mol. The van der Waals surface area contributed by atoms with Gasteiger partial charge in [-0.05, 0) is 55.3 Å². The molecule has 1 atom stereocenters. The molecule has 2 aromatic heterocycles. The molecule has 0 saturated carbocycles. The summed E-state index contributed by atoms with van der Waals surface area (Å²) in [6.07, 6.45) is -5.38. The van der Waals surface area contributed by atoms with E-state index in [2.05, 4.69) is 10.1 Å². The van der Waals surface area contributed by atoms with Crippen LogP contribution in [0.5, 0.6) is 0 Å². The number of nitrogens with zero attached hydrogens (tertiary/aromatic N) is 4. The van der Waals surface area contributed by atoms with Crippen LogP contribution in [0.3, 0.4) is 0 Å². The van der Waals surface area contributed by atoms with Crippen LogP contribution < -0.4 is 4.90 Å². The van der Waals surface area contributed by atoms with Crippen LogP contribution in [-0.4, -0.2) is 32.7 Å². The van der Waals surface area contributed by atoms with Crippen LogP contribution in [-0.2, 0) is 12.3 Å². The molecule has 0 aliphatic carbocycles. The van der Waals surface area contributed by atoms with Gasteiger partial charge in [0, 0.05) is 23.4 Å². The van der Waals surface area contributed by atoms with E-state index in [9.17, 15) is 31.1 Å². The van der Waals surface area contributed by atoms with Crippen molar-refractivity contribution < 1.29 is 31.1 Å². The van der Waals surface area contributed by atoms with Crippen LogP contribution in [0.25, 0.3) is 16.9 Å². The minimum absolute atomic E-state index is 0.115. The van der Waals surface area contributed by atoms with Crippen molar-refractivity contribution in [1.82, 2.24) is 14.6 Å². The van der Waals surface area contributed by atoms with Gasteiger partial charge in [-0.3, -0.25) is 4.79 Å². The zero-order valence-electron chi connectivity index (χ0n) is 18.0. The van der Waals surface area contributed by atoms with Crippen LogP contribution in [0.1, 0.15) is 28.7 Å². The van der Waals surface area contributed by atoms with Crippen LogP contribution >= 0.6 is 0 Å². The summed E-state index contributed by atoms with van der Waals surface area (Å²) < 4.78 is 82.7. The van der Waals surface area contributed by atoms with Gasteiger partial charge < -0.3 is 4.90 Å². The second-order valence-corrected chi connectivity index (χ2v) is 8.26. The molecule has 3 heterocycles. The third kappa shape index (κ3) is 3.71. The lowest BCUT2D eigenvalue weighted by Crippen LogP contribution is -2.37. The number of alkyl halides is 5. The maximum atomic E-state index is 14.6. The van der Waals surface area contributed by atoms with Gasteiger partial charge in [-0.2, -0.15) is 27.1 Å². The molecule has 1 aliphatic rings. The summed E-state index contributed by atoms with van der Waals surface area (Å²) in [4.78, 5) is 18.9. The molecule has 0 fully saturated rings. The minimum atomic E-state index is -5.93. The number of benzene rings is 2. The Hall–Kier alpha value is -3.89. The van der Waals surface area contributed by atoms with Gasteiger partial charge in [0.05, 0.1) is 5.69 Å². The van der Waals surface area contributed by atoms with E-state index in [4.69, 9.17) is 0 Å². The van der Waals surface area contributed by atoms with Crippen LogP contribution in [0.4, 0.5) is 32.0 Å². The van der Waals surface area contributed by atoms with Crippen molar-refractivity contribution in [1.29, 1.82) is 0 Å². The van der Waals surface area contributed by atoms with Crippen molar-refractivity contribution in [3.63, 3.8) is 0 Å². The first-order chi connectivity index (χ1) is 16.5. The van der Waals surface area contributed by atoms with Gasteiger partial charge in [0.25, 0.3) is 5.91 Å². The lowest BCUT2D eigenvalue weighted by Gasteiger charge is -2.22. The summed E-state index contributed by atoms with van der Waals surface area (Å²) in [7, 11) is 0. The van der Waals surface area contributed by atoms with E-state index in [0.29, 0.717) is 22.7 Å². The molecule has 5 nitrogen and oxygen atoms in total. The number of hydrogen-bond acceptors (Lipinski definition) is 3. The van der Waals surface area contributed by atoms with E-state index in [1.165, 1.54) is 17.0 Å². The monoisotopic (exact) mass is 490 g/mol. The zero-order valence-corrected chi connectivity index (χ0v) is 18.0. The van der Waals surface area contributed by atoms with Gasteiger partial charge in [0.15, 0.2) is 11.3 Å². The van der Waals surface area contributed by atoms with E-state index >= 15 is 0 Å². The number of fused-ring (bicyclic) bond motifs is 2. The Morgan fingerprint density at radius 3 is 2.37 bits per heavy atom. The molecule has 0 bridgehead atoms. The Morgan fingerprint density at radius 1 is 1.00 bits per heavy atom. The van der Waals surface area contributed by atoms with Gasteiger partial charge >= 0.3 is 12.1 Å². The molecular formula is C24H16F6N4O. The van der Waals surface area contributed by atoms with E-state index in [1.807, 2.05) is 12.1 Å². The highest BCUT2D eigenvalue weighted by molar-refractivity contribution is 6.07. The molecule has 0 spiro atoms. The Bertz CT molecular complexity index is 1440. The molecular weight excluding hydrogens is 474 g/mol. The van der Waals surface area contributed by atoms with E-state index in [-0.39, 0.29) is 28.6 Å².